The minimum absolute atomic E-state index is 0.0795. The smallest absolute Gasteiger partial charge is 0.376 e. The molecule has 0 radical (unpaired) electrons. The molecule has 0 amide bonds. The third-order valence-electron chi connectivity index (χ3n) is 2.21. The summed E-state index contributed by atoms with van der Waals surface area (Å²) in [6.45, 7) is 3.45. The van der Waals surface area contributed by atoms with Crippen molar-refractivity contribution in [3.05, 3.63) is 30.3 Å². The van der Waals surface area contributed by atoms with E-state index in [1.54, 1.807) is 38.1 Å². The monoisotopic (exact) mass is 296 g/mol. The van der Waals surface area contributed by atoms with Crippen LogP contribution >= 0.6 is 11.8 Å². The fourth-order valence-corrected chi connectivity index (χ4v) is 2.32. The Morgan fingerprint density at radius 1 is 1.05 bits per heavy atom. The summed E-state index contributed by atoms with van der Waals surface area (Å²) < 4.78 is 9.48. The Bertz CT molecular complexity index is 472. The van der Waals surface area contributed by atoms with E-state index in [0.717, 1.165) is 11.8 Å². The predicted octanol–water partition coefficient (Wildman–Crippen LogP) is 1.84. The number of benzene rings is 1. The lowest BCUT2D eigenvalue weighted by atomic mass is 10.3. The van der Waals surface area contributed by atoms with Gasteiger partial charge in [0.05, 0.1) is 13.2 Å². The van der Waals surface area contributed by atoms with E-state index in [2.05, 4.69) is 4.74 Å². The second-order valence-corrected chi connectivity index (χ2v) is 4.83. The maximum atomic E-state index is 12.0. The van der Waals surface area contributed by atoms with Crippen molar-refractivity contribution in [1.29, 1.82) is 0 Å². The number of rotatable bonds is 7. The lowest BCUT2D eigenvalue weighted by Crippen LogP contribution is -2.35. The molecule has 1 rings (SSSR count). The number of hydrogen-bond donors (Lipinski definition) is 0. The zero-order valence-electron chi connectivity index (χ0n) is 11.3. The lowest BCUT2D eigenvalue weighted by Gasteiger charge is -2.13. The van der Waals surface area contributed by atoms with Gasteiger partial charge in [-0.05, 0) is 26.0 Å². The maximum absolute atomic E-state index is 12.0. The van der Waals surface area contributed by atoms with Gasteiger partial charge in [-0.3, -0.25) is 9.59 Å². The molecule has 0 aliphatic carbocycles. The Morgan fingerprint density at radius 2 is 1.65 bits per heavy atom. The molecule has 0 aliphatic rings. The Balaban J connectivity index is 2.88. The molecular weight excluding hydrogens is 280 g/mol. The van der Waals surface area contributed by atoms with Crippen molar-refractivity contribution in [2.24, 2.45) is 0 Å². The Hall–Kier alpha value is -1.82. The molecule has 0 saturated carbocycles. The van der Waals surface area contributed by atoms with Gasteiger partial charge in [-0.1, -0.05) is 18.2 Å². The van der Waals surface area contributed by atoms with Gasteiger partial charge < -0.3 is 9.47 Å². The number of ketones is 1. The quantitative estimate of drug-likeness (QED) is 0.331. The van der Waals surface area contributed by atoms with Gasteiger partial charge in [0, 0.05) is 4.90 Å². The van der Waals surface area contributed by atoms with Crippen LogP contribution in [0.4, 0.5) is 0 Å². The number of Topliss-reactive ketones (excluding diaryl/α,β-unsaturated/α-hetero) is 1. The average Bonchev–Trinajstić information content (AvgIpc) is 2.45. The first-order chi connectivity index (χ1) is 9.60. The predicted molar refractivity (Wildman–Crippen MR) is 74.4 cm³/mol. The molecule has 0 bridgehead atoms. The molecule has 0 heterocycles. The van der Waals surface area contributed by atoms with Crippen molar-refractivity contribution in [2.45, 2.75) is 24.0 Å². The third-order valence-corrected chi connectivity index (χ3v) is 3.40. The van der Waals surface area contributed by atoms with Crippen LogP contribution in [0.2, 0.25) is 0 Å². The number of ether oxygens (including phenoxy) is 2. The van der Waals surface area contributed by atoms with E-state index in [4.69, 9.17) is 4.74 Å². The third kappa shape index (κ3) is 4.70. The number of carbonyl (C=O) groups is 3. The standard InChI is InChI=1S/C14H16O5S/c1-3-18-13(16)11(15)12(14(17)19-4-2)20-10-8-6-5-7-9-10/h5-9,12H,3-4H2,1-2H3. The summed E-state index contributed by atoms with van der Waals surface area (Å²) in [6, 6.07) is 8.86. The van der Waals surface area contributed by atoms with Crippen LogP contribution in [0.5, 0.6) is 0 Å². The van der Waals surface area contributed by atoms with Crippen molar-refractivity contribution < 1.29 is 23.9 Å². The summed E-state index contributed by atoms with van der Waals surface area (Å²) >= 11 is 0.974. The van der Waals surface area contributed by atoms with Gasteiger partial charge in [0.15, 0.2) is 5.25 Å². The van der Waals surface area contributed by atoms with Crippen molar-refractivity contribution in [3.63, 3.8) is 0 Å². The SMILES string of the molecule is CCOC(=O)C(=O)C(Sc1ccccc1)C(=O)OCC. The second kappa shape index (κ2) is 8.37. The first-order valence-electron chi connectivity index (χ1n) is 6.19. The normalized spacial score (nSPS) is 11.5. The van der Waals surface area contributed by atoms with Crippen LogP contribution in [0, 0.1) is 0 Å². The van der Waals surface area contributed by atoms with Gasteiger partial charge in [-0.2, -0.15) is 0 Å². The van der Waals surface area contributed by atoms with Crippen LogP contribution in [0.15, 0.2) is 35.2 Å². The fraction of sp³-hybridized carbons (Fsp3) is 0.357. The van der Waals surface area contributed by atoms with Gasteiger partial charge in [-0.25, -0.2) is 4.79 Å². The van der Waals surface area contributed by atoms with E-state index < -0.39 is 23.0 Å². The largest absolute Gasteiger partial charge is 0.465 e. The molecule has 0 fully saturated rings. The molecule has 5 nitrogen and oxygen atoms in total. The van der Waals surface area contributed by atoms with Gasteiger partial charge in [-0.15, -0.1) is 11.8 Å². The lowest BCUT2D eigenvalue weighted by molar-refractivity contribution is -0.157. The van der Waals surface area contributed by atoms with Crippen molar-refractivity contribution in [2.75, 3.05) is 13.2 Å². The summed E-state index contributed by atoms with van der Waals surface area (Å²) in [5.41, 5.74) is 0. The van der Waals surface area contributed by atoms with Crippen LogP contribution in [-0.4, -0.2) is 36.2 Å². The minimum Gasteiger partial charge on any atom is -0.465 e. The number of esters is 2. The molecule has 0 spiro atoms. The molecule has 0 aliphatic heterocycles. The Kier molecular flexibility index (Phi) is 6.79. The average molecular weight is 296 g/mol. The molecule has 20 heavy (non-hydrogen) atoms. The molecule has 1 aromatic carbocycles. The van der Waals surface area contributed by atoms with Gasteiger partial charge in [0.1, 0.15) is 0 Å². The molecule has 1 unspecified atom stereocenters. The van der Waals surface area contributed by atoms with Crippen molar-refractivity contribution in [1.82, 2.24) is 0 Å². The van der Waals surface area contributed by atoms with E-state index >= 15 is 0 Å². The molecule has 1 aromatic rings. The number of hydrogen-bond acceptors (Lipinski definition) is 6. The summed E-state index contributed by atoms with van der Waals surface area (Å²) in [5, 5.41) is -1.24. The highest BCUT2D eigenvalue weighted by molar-refractivity contribution is 8.01. The topological polar surface area (TPSA) is 69.7 Å². The Morgan fingerprint density at radius 3 is 2.20 bits per heavy atom. The van der Waals surface area contributed by atoms with Crippen molar-refractivity contribution >= 4 is 29.5 Å². The molecule has 6 heteroatoms. The van der Waals surface area contributed by atoms with Crippen LogP contribution < -0.4 is 0 Å². The summed E-state index contributed by atoms with van der Waals surface area (Å²) in [4.78, 5) is 36.0. The second-order valence-electron chi connectivity index (χ2n) is 3.65. The highest BCUT2D eigenvalue weighted by Crippen LogP contribution is 2.25. The first-order valence-corrected chi connectivity index (χ1v) is 7.07. The van der Waals surface area contributed by atoms with Gasteiger partial charge in [0.2, 0.25) is 0 Å². The number of thioether (sulfide) groups is 1. The fourth-order valence-electron chi connectivity index (χ4n) is 1.37. The summed E-state index contributed by atoms with van der Waals surface area (Å²) in [5.74, 6) is -2.66. The van der Waals surface area contributed by atoms with E-state index in [9.17, 15) is 14.4 Å². The molecular formula is C14H16O5S. The van der Waals surface area contributed by atoms with Crippen LogP contribution in [0.3, 0.4) is 0 Å². The minimum atomic E-state index is -1.24. The van der Waals surface area contributed by atoms with E-state index in [0.29, 0.717) is 4.90 Å². The molecule has 0 N–H and O–H groups in total. The summed E-state index contributed by atoms with van der Waals surface area (Å²) in [7, 11) is 0. The zero-order valence-corrected chi connectivity index (χ0v) is 12.1. The van der Waals surface area contributed by atoms with E-state index in [-0.39, 0.29) is 13.2 Å². The zero-order chi connectivity index (χ0) is 15.0. The van der Waals surface area contributed by atoms with E-state index in [1.807, 2.05) is 6.07 Å². The van der Waals surface area contributed by atoms with Gasteiger partial charge >= 0.3 is 11.9 Å². The summed E-state index contributed by atoms with van der Waals surface area (Å²) in [6.07, 6.45) is 0. The van der Waals surface area contributed by atoms with Gasteiger partial charge in [0.25, 0.3) is 5.78 Å². The number of carbonyl (C=O) groups excluding carboxylic acids is 3. The molecule has 0 aromatic heterocycles. The van der Waals surface area contributed by atoms with E-state index in [1.165, 1.54) is 0 Å². The first kappa shape index (κ1) is 16.2. The van der Waals surface area contributed by atoms with Crippen LogP contribution in [0.1, 0.15) is 13.8 Å². The van der Waals surface area contributed by atoms with Crippen molar-refractivity contribution in [3.8, 4) is 0 Å². The maximum Gasteiger partial charge on any atom is 0.376 e. The molecule has 108 valence electrons. The molecule has 0 saturated heterocycles. The highest BCUT2D eigenvalue weighted by Gasteiger charge is 2.34. The van der Waals surface area contributed by atoms with Crippen LogP contribution in [-0.2, 0) is 23.9 Å². The highest BCUT2D eigenvalue weighted by atomic mass is 32.2. The molecule has 1 atom stereocenters. The Labute approximate surface area is 121 Å². The van der Waals surface area contributed by atoms with Crippen LogP contribution in [0.25, 0.3) is 0 Å².